The van der Waals surface area contributed by atoms with Crippen molar-refractivity contribution in [2.75, 3.05) is 12.3 Å². The van der Waals surface area contributed by atoms with E-state index in [1.54, 1.807) is 5.57 Å². The van der Waals surface area contributed by atoms with Crippen molar-refractivity contribution < 1.29 is 0 Å². The highest BCUT2D eigenvalue weighted by Gasteiger charge is 2.67. The molecule has 0 spiro atoms. The van der Waals surface area contributed by atoms with Crippen LogP contribution in [0.2, 0.25) is 0 Å². The van der Waals surface area contributed by atoms with Crippen molar-refractivity contribution in [3.8, 4) is 0 Å². The van der Waals surface area contributed by atoms with E-state index in [-0.39, 0.29) is 32.6 Å². The van der Waals surface area contributed by atoms with Crippen LogP contribution in [0.4, 0.5) is 5.82 Å². The number of nitrogens with one attached hydrogen (secondary N) is 3. The van der Waals surface area contributed by atoms with E-state index in [2.05, 4.69) is 74.9 Å². The molecule has 2 aromatic heterocycles. The molecule has 0 saturated heterocycles. The summed E-state index contributed by atoms with van der Waals surface area (Å²) in [7, 11) is 0. The van der Waals surface area contributed by atoms with E-state index in [9.17, 15) is 4.79 Å². The number of hydrogen-bond acceptors (Lipinski definition) is 4. The second kappa shape index (κ2) is 8.89. The quantitative estimate of drug-likeness (QED) is 0.274. The lowest BCUT2D eigenvalue weighted by atomic mass is 9.34. The highest BCUT2D eigenvalue weighted by Crippen LogP contribution is 2.74. The summed E-state index contributed by atoms with van der Waals surface area (Å²) < 4.78 is 0. The van der Waals surface area contributed by atoms with Gasteiger partial charge in [-0.3, -0.25) is 15.0 Å². The van der Waals surface area contributed by atoms with Crippen molar-refractivity contribution in [3.63, 3.8) is 0 Å². The third kappa shape index (κ3) is 3.55. The lowest BCUT2D eigenvalue weighted by Gasteiger charge is -2.70. The first-order valence-corrected chi connectivity index (χ1v) is 16.7. The Morgan fingerprint density at radius 1 is 0.976 bits per heavy atom. The lowest BCUT2D eigenvalue weighted by Crippen LogP contribution is -2.63. The molecule has 0 amide bonds. The van der Waals surface area contributed by atoms with Crippen molar-refractivity contribution in [2.45, 2.75) is 118 Å². The molecule has 3 fully saturated rings. The molecule has 0 aromatic carbocycles. The largest absolute Gasteiger partial charge is 0.382 e. The van der Waals surface area contributed by atoms with E-state index in [1.807, 2.05) is 0 Å². The summed E-state index contributed by atoms with van der Waals surface area (Å²) in [5.74, 6) is 3.41. The number of aromatic nitrogens is 4. The van der Waals surface area contributed by atoms with Crippen LogP contribution in [-0.4, -0.2) is 26.9 Å². The molecule has 7 rings (SSSR count). The predicted octanol–water partition coefficient (Wildman–Crippen LogP) is 6.35. The van der Waals surface area contributed by atoms with Crippen LogP contribution in [0.5, 0.6) is 0 Å². The molecule has 3 saturated carbocycles. The van der Waals surface area contributed by atoms with Crippen LogP contribution in [0.25, 0.3) is 0 Å². The highest BCUT2D eigenvalue weighted by molar-refractivity contribution is 5.49. The first kappa shape index (κ1) is 28.5. The van der Waals surface area contributed by atoms with Gasteiger partial charge < -0.3 is 16.6 Å². The predicted molar refractivity (Wildman–Crippen MR) is 169 cm³/mol. The van der Waals surface area contributed by atoms with E-state index in [4.69, 9.17) is 11.5 Å². The van der Waals surface area contributed by atoms with Gasteiger partial charge in [-0.05, 0) is 110 Å². The minimum absolute atomic E-state index is 0.0186. The van der Waals surface area contributed by atoms with E-state index >= 15 is 0 Å². The van der Waals surface area contributed by atoms with E-state index in [1.165, 1.54) is 43.4 Å². The van der Waals surface area contributed by atoms with Gasteiger partial charge in [0, 0.05) is 33.8 Å². The van der Waals surface area contributed by atoms with Gasteiger partial charge in [0.05, 0.1) is 0 Å². The molecular weight excluding hydrogens is 520 g/mol. The molecule has 7 nitrogen and oxygen atoms in total. The Hall–Kier alpha value is -2.28. The molecule has 0 aliphatic heterocycles. The van der Waals surface area contributed by atoms with Crippen molar-refractivity contribution in [2.24, 2.45) is 51.1 Å². The maximum absolute atomic E-state index is 12.8. The molecular formula is C35H54N6O. The number of allylic oxidation sites excluding steroid dienone is 2. The van der Waals surface area contributed by atoms with Gasteiger partial charge in [0.1, 0.15) is 5.82 Å². The zero-order chi connectivity index (χ0) is 30.0. The van der Waals surface area contributed by atoms with Crippen molar-refractivity contribution in [1.82, 2.24) is 20.4 Å². The standard InChI is InChI=1S/C35H54N6O/c1-31(2)16-21-19(22(17-31)27-20(12-15-36)30(42)41-38-27)10-13-34(6)24(21)8-9-26-33(5)18-23-28(39-40-29(23)37)32(3,4)25(33)11-14-35(26,34)7/h8,19,21-22,25-26H,9-18,36H2,1-7H3,(H3,37,39,40)(H2,38,41,42)/t19-,21?,22+,25?,26?,33-,34+,35+/m0/s1. The molecule has 8 atom stereocenters. The van der Waals surface area contributed by atoms with Crippen LogP contribution in [0.15, 0.2) is 16.4 Å². The van der Waals surface area contributed by atoms with E-state index in [0.29, 0.717) is 48.4 Å². The smallest absolute Gasteiger partial charge is 0.267 e. The third-order valence-corrected chi connectivity index (χ3v) is 14.4. The van der Waals surface area contributed by atoms with Gasteiger partial charge in [-0.15, -0.1) is 0 Å². The number of fused-ring (bicyclic) bond motifs is 8. The molecule has 5 aliphatic carbocycles. The number of anilines is 1. The first-order chi connectivity index (χ1) is 19.7. The summed E-state index contributed by atoms with van der Waals surface area (Å²) in [5.41, 5.74) is 19.7. The number of nitrogens with zero attached hydrogens (tertiary/aromatic N) is 1. The highest BCUT2D eigenvalue weighted by atomic mass is 16.1. The molecule has 2 heterocycles. The second-order valence-electron chi connectivity index (χ2n) is 17.2. The van der Waals surface area contributed by atoms with Gasteiger partial charge in [0.2, 0.25) is 0 Å². The summed E-state index contributed by atoms with van der Waals surface area (Å²) in [6, 6.07) is 0. The number of aromatic amines is 3. The Morgan fingerprint density at radius 3 is 2.45 bits per heavy atom. The SMILES string of the molecule is CC1(C)CC2C3=CCC4[C@@]5(C)Cc6c(N)n[nH]c6C(C)(C)C5CC[C@@]4(C)[C@]3(C)CC[C@@H]2[C@H](c2[nH][nH]c(=O)c2CCN)C1. The van der Waals surface area contributed by atoms with Crippen molar-refractivity contribution >= 4 is 5.82 Å². The fourth-order valence-electron chi connectivity index (χ4n) is 12.5. The number of nitrogens with two attached hydrogens (primary N) is 2. The van der Waals surface area contributed by atoms with Gasteiger partial charge in [-0.1, -0.05) is 60.1 Å². The zero-order valence-electron chi connectivity index (χ0n) is 27.0. The summed E-state index contributed by atoms with van der Waals surface area (Å²) in [5, 5.41) is 14.1. The molecule has 230 valence electrons. The molecule has 7 heteroatoms. The summed E-state index contributed by atoms with van der Waals surface area (Å²) in [4.78, 5) is 12.8. The Kier molecular flexibility index (Phi) is 6.03. The van der Waals surface area contributed by atoms with E-state index in [0.717, 1.165) is 30.5 Å². The van der Waals surface area contributed by atoms with Gasteiger partial charge in [0.15, 0.2) is 0 Å². The van der Waals surface area contributed by atoms with Crippen molar-refractivity contribution in [3.05, 3.63) is 44.5 Å². The average molecular weight is 575 g/mol. The topological polar surface area (TPSA) is 129 Å². The number of nitrogen functional groups attached to an aromatic ring is 1. The van der Waals surface area contributed by atoms with Crippen LogP contribution in [-0.2, 0) is 18.3 Å². The Labute approximate surface area is 251 Å². The van der Waals surface area contributed by atoms with Gasteiger partial charge >= 0.3 is 0 Å². The lowest BCUT2D eigenvalue weighted by molar-refractivity contribution is -0.153. The van der Waals surface area contributed by atoms with Crippen LogP contribution in [0, 0.1) is 45.3 Å². The molecule has 3 unspecified atom stereocenters. The minimum Gasteiger partial charge on any atom is -0.382 e. The Bertz CT molecular complexity index is 1490. The zero-order valence-corrected chi connectivity index (χ0v) is 27.0. The summed E-state index contributed by atoms with van der Waals surface area (Å²) >= 11 is 0. The summed E-state index contributed by atoms with van der Waals surface area (Å²) in [6.07, 6.45) is 12.9. The van der Waals surface area contributed by atoms with Crippen LogP contribution in [0.3, 0.4) is 0 Å². The third-order valence-electron chi connectivity index (χ3n) is 14.4. The molecule has 42 heavy (non-hydrogen) atoms. The van der Waals surface area contributed by atoms with Crippen molar-refractivity contribution in [1.29, 1.82) is 0 Å². The number of hydrogen-bond donors (Lipinski definition) is 5. The minimum atomic E-state index is 0.0186. The summed E-state index contributed by atoms with van der Waals surface area (Å²) in [6.45, 7) is 18.2. The molecule has 2 aromatic rings. The second-order valence-corrected chi connectivity index (χ2v) is 17.2. The van der Waals surface area contributed by atoms with Crippen LogP contribution < -0.4 is 17.0 Å². The van der Waals surface area contributed by atoms with E-state index < -0.39 is 0 Å². The van der Waals surface area contributed by atoms with Crippen LogP contribution >= 0.6 is 0 Å². The molecule has 0 bridgehead atoms. The van der Waals surface area contributed by atoms with Crippen LogP contribution in [0.1, 0.15) is 122 Å². The Balaban J connectivity index is 1.30. The monoisotopic (exact) mass is 574 g/mol. The fraction of sp³-hybridized carbons (Fsp3) is 0.771. The normalized spacial score (nSPS) is 41.5. The maximum Gasteiger partial charge on any atom is 0.267 e. The number of H-pyrrole nitrogens is 3. The Morgan fingerprint density at radius 2 is 1.71 bits per heavy atom. The fourth-order valence-corrected chi connectivity index (χ4v) is 12.5. The number of rotatable bonds is 3. The van der Waals surface area contributed by atoms with Gasteiger partial charge in [0.25, 0.3) is 5.56 Å². The van der Waals surface area contributed by atoms with Gasteiger partial charge in [-0.25, -0.2) is 0 Å². The first-order valence-electron chi connectivity index (χ1n) is 16.7. The average Bonchev–Trinajstić information content (AvgIpc) is 3.45. The molecule has 5 aliphatic rings. The molecule has 7 N–H and O–H groups in total. The maximum atomic E-state index is 12.8. The molecule has 0 radical (unpaired) electrons. The van der Waals surface area contributed by atoms with Gasteiger partial charge in [-0.2, -0.15) is 5.10 Å².